The fourth-order valence-electron chi connectivity index (χ4n) is 3.17. The van der Waals surface area contributed by atoms with Crippen LogP contribution in [0.1, 0.15) is 41.5 Å². The number of aromatic nitrogens is 5. The van der Waals surface area contributed by atoms with Gasteiger partial charge in [-0.1, -0.05) is 13.0 Å². The standard InChI is InChI=1S/C20H20F4N6O/c1-3-14(7-8-17-25-11-13(12-26-17)20(22,23)24)29(2)19(31)18-15(21)5-4-6-16(18)30-27-9-10-28-30/h4-6,9-12,14H,3,7-8H2,1-2H3/t14-/m0/s1. The maximum atomic E-state index is 14.6. The Balaban J connectivity index is 1.75. The lowest BCUT2D eigenvalue weighted by Gasteiger charge is -2.28. The summed E-state index contributed by atoms with van der Waals surface area (Å²) < 4.78 is 52.5. The summed E-state index contributed by atoms with van der Waals surface area (Å²) in [7, 11) is 1.55. The van der Waals surface area contributed by atoms with E-state index >= 15 is 0 Å². The van der Waals surface area contributed by atoms with Gasteiger partial charge in [0.2, 0.25) is 0 Å². The van der Waals surface area contributed by atoms with Crippen LogP contribution < -0.4 is 0 Å². The van der Waals surface area contributed by atoms with E-state index in [0.717, 1.165) is 12.4 Å². The number of hydrogen-bond donors (Lipinski definition) is 0. The average molecular weight is 436 g/mol. The number of alkyl halides is 3. The molecule has 0 N–H and O–H groups in total. The molecule has 0 radical (unpaired) electrons. The molecule has 3 aromatic rings. The smallest absolute Gasteiger partial charge is 0.339 e. The topological polar surface area (TPSA) is 76.8 Å². The Kier molecular flexibility index (Phi) is 6.62. The molecule has 31 heavy (non-hydrogen) atoms. The lowest BCUT2D eigenvalue weighted by molar-refractivity contribution is -0.138. The second-order valence-electron chi connectivity index (χ2n) is 6.86. The van der Waals surface area contributed by atoms with Crippen molar-refractivity contribution in [2.45, 2.75) is 38.4 Å². The fourth-order valence-corrected chi connectivity index (χ4v) is 3.17. The summed E-state index contributed by atoms with van der Waals surface area (Å²) >= 11 is 0. The summed E-state index contributed by atoms with van der Waals surface area (Å²) in [5, 5.41) is 7.93. The molecule has 1 amide bonds. The highest BCUT2D eigenvalue weighted by molar-refractivity contribution is 5.98. The van der Waals surface area contributed by atoms with E-state index in [4.69, 9.17) is 0 Å². The van der Waals surface area contributed by atoms with Crippen LogP contribution in [0.4, 0.5) is 17.6 Å². The number of aryl methyl sites for hydroxylation is 1. The lowest BCUT2D eigenvalue weighted by Crippen LogP contribution is -2.38. The van der Waals surface area contributed by atoms with Crippen LogP contribution in [-0.4, -0.2) is 48.9 Å². The number of carbonyl (C=O) groups is 1. The zero-order chi connectivity index (χ0) is 22.6. The Bertz CT molecular complexity index is 1020. The molecule has 0 saturated carbocycles. The van der Waals surface area contributed by atoms with Gasteiger partial charge in [0.1, 0.15) is 22.9 Å². The quantitative estimate of drug-likeness (QED) is 0.528. The zero-order valence-corrected chi connectivity index (χ0v) is 16.8. The summed E-state index contributed by atoms with van der Waals surface area (Å²) in [5.74, 6) is -1.02. The van der Waals surface area contributed by atoms with Gasteiger partial charge in [-0.25, -0.2) is 14.4 Å². The third-order valence-electron chi connectivity index (χ3n) is 4.91. The van der Waals surface area contributed by atoms with Crippen molar-refractivity contribution < 1.29 is 22.4 Å². The maximum Gasteiger partial charge on any atom is 0.419 e. The summed E-state index contributed by atoms with van der Waals surface area (Å²) in [6.07, 6.45) is 1.02. The van der Waals surface area contributed by atoms with Crippen LogP contribution in [0.5, 0.6) is 0 Å². The molecule has 0 fully saturated rings. The number of rotatable bonds is 7. The minimum atomic E-state index is -4.50. The van der Waals surface area contributed by atoms with Crippen LogP contribution in [-0.2, 0) is 12.6 Å². The Hall–Kier alpha value is -3.37. The largest absolute Gasteiger partial charge is 0.419 e. The Morgan fingerprint density at radius 1 is 1.16 bits per heavy atom. The van der Waals surface area contributed by atoms with Gasteiger partial charge in [-0.2, -0.15) is 28.2 Å². The molecule has 164 valence electrons. The van der Waals surface area contributed by atoms with Gasteiger partial charge < -0.3 is 4.90 Å². The molecular formula is C20H20F4N6O. The Morgan fingerprint density at radius 3 is 2.39 bits per heavy atom. The van der Waals surface area contributed by atoms with E-state index < -0.39 is 23.5 Å². The minimum absolute atomic E-state index is 0.162. The molecule has 7 nitrogen and oxygen atoms in total. The molecule has 0 spiro atoms. The first kappa shape index (κ1) is 22.3. The van der Waals surface area contributed by atoms with Crippen LogP contribution in [0, 0.1) is 5.82 Å². The van der Waals surface area contributed by atoms with Crippen LogP contribution in [0.25, 0.3) is 5.69 Å². The van der Waals surface area contributed by atoms with Crippen LogP contribution >= 0.6 is 0 Å². The Labute approximate surface area is 175 Å². The number of benzene rings is 1. The molecule has 2 heterocycles. The third kappa shape index (κ3) is 5.04. The van der Waals surface area contributed by atoms with Crippen molar-refractivity contribution in [3.05, 3.63) is 65.8 Å². The van der Waals surface area contributed by atoms with Gasteiger partial charge in [0.05, 0.1) is 18.0 Å². The summed E-state index contributed by atoms with van der Waals surface area (Å²) in [4.78, 5) is 23.2. The van der Waals surface area contributed by atoms with Gasteiger partial charge >= 0.3 is 6.18 Å². The van der Waals surface area contributed by atoms with Crippen molar-refractivity contribution in [2.24, 2.45) is 0 Å². The second kappa shape index (κ2) is 9.19. The SMILES string of the molecule is CC[C@@H](CCc1ncc(C(F)(F)F)cn1)N(C)C(=O)c1c(F)cccc1-n1nccn1. The van der Waals surface area contributed by atoms with E-state index in [0.29, 0.717) is 12.8 Å². The average Bonchev–Trinajstić information content (AvgIpc) is 3.28. The molecule has 3 rings (SSSR count). The van der Waals surface area contributed by atoms with Crippen LogP contribution in [0.15, 0.2) is 43.0 Å². The third-order valence-corrected chi connectivity index (χ3v) is 4.91. The van der Waals surface area contributed by atoms with Crippen molar-refractivity contribution in [1.29, 1.82) is 0 Å². The van der Waals surface area contributed by atoms with Gasteiger partial charge in [-0.3, -0.25) is 4.79 Å². The van der Waals surface area contributed by atoms with E-state index in [9.17, 15) is 22.4 Å². The van der Waals surface area contributed by atoms with Crippen molar-refractivity contribution >= 4 is 5.91 Å². The Morgan fingerprint density at radius 2 is 1.81 bits per heavy atom. The summed E-state index contributed by atoms with van der Waals surface area (Å²) in [6, 6.07) is 3.88. The van der Waals surface area contributed by atoms with Crippen molar-refractivity contribution in [1.82, 2.24) is 29.9 Å². The van der Waals surface area contributed by atoms with E-state index in [2.05, 4.69) is 20.2 Å². The second-order valence-corrected chi connectivity index (χ2v) is 6.86. The first-order valence-corrected chi connectivity index (χ1v) is 9.52. The van der Waals surface area contributed by atoms with E-state index in [1.165, 1.54) is 34.2 Å². The van der Waals surface area contributed by atoms with Gasteiger partial charge in [-0.05, 0) is 25.0 Å². The molecule has 0 aliphatic carbocycles. The molecule has 0 aliphatic rings. The molecule has 1 aromatic carbocycles. The van der Waals surface area contributed by atoms with E-state index in [-0.39, 0.29) is 29.5 Å². The highest BCUT2D eigenvalue weighted by atomic mass is 19.4. The van der Waals surface area contributed by atoms with Crippen molar-refractivity contribution in [2.75, 3.05) is 7.05 Å². The highest BCUT2D eigenvalue weighted by Crippen LogP contribution is 2.28. The van der Waals surface area contributed by atoms with Gasteiger partial charge in [-0.15, -0.1) is 0 Å². The summed E-state index contributed by atoms with van der Waals surface area (Å²) in [5.41, 5.74) is -0.872. The molecule has 1 atom stereocenters. The first-order valence-electron chi connectivity index (χ1n) is 9.52. The number of nitrogens with zero attached hydrogens (tertiary/aromatic N) is 6. The number of halogens is 4. The summed E-state index contributed by atoms with van der Waals surface area (Å²) in [6.45, 7) is 1.86. The molecule has 2 aromatic heterocycles. The predicted molar refractivity (Wildman–Crippen MR) is 103 cm³/mol. The monoisotopic (exact) mass is 436 g/mol. The molecule has 0 bridgehead atoms. The van der Waals surface area contributed by atoms with E-state index in [1.54, 1.807) is 13.1 Å². The normalized spacial score (nSPS) is 12.6. The fraction of sp³-hybridized carbons (Fsp3) is 0.350. The van der Waals surface area contributed by atoms with Crippen molar-refractivity contribution in [3.8, 4) is 5.69 Å². The molecule has 0 unspecified atom stereocenters. The van der Waals surface area contributed by atoms with Crippen LogP contribution in [0.2, 0.25) is 0 Å². The molecule has 11 heteroatoms. The lowest BCUT2D eigenvalue weighted by atomic mass is 10.0. The van der Waals surface area contributed by atoms with Crippen molar-refractivity contribution in [3.63, 3.8) is 0 Å². The number of amides is 1. The predicted octanol–water partition coefficient (Wildman–Crippen LogP) is 3.70. The van der Waals surface area contributed by atoms with E-state index in [1.807, 2.05) is 6.92 Å². The number of carbonyl (C=O) groups excluding carboxylic acids is 1. The molecular weight excluding hydrogens is 416 g/mol. The minimum Gasteiger partial charge on any atom is -0.339 e. The number of hydrogen-bond acceptors (Lipinski definition) is 5. The van der Waals surface area contributed by atoms with Gasteiger partial charge in [0.25, 0.3) is 5.91 Å². The van der Waals surface area contributed by atoms with Gasteiger partial charge in [0, 0.05) is 31.9 Å². The molecule has 0 aliphatic heterocycles. The van der Waals surface area contributed by atoms with Gasteiger partial charge in [0.15, 0.2) is 0 Å². The van der Waals surface area contributed by atoms with Crippen LogP contribution in [0.3, 0.4) is 0 Å². The zero-order valence-electron chi connectivity index (χ0n) is 16.8. The first-order chi connectivity index (χ1) is 14.7. The highest BCUT2D eigenvalue weighted by Gasteiger charge is 2.31. The molecule has 0 saturated heterocycles. The maximum absolute atomic E-state index is 14.6.